The fourth-order valence-electron chi connectivity index (χ4n) is 2.17. The van der Waals surface area contributed by atoms with Gasteiger partial charge in [-0.25, -0.2) is 0 Å². The Balaban J connectivity index is 2.15. The summed E-state index contributed by atoms with van der Waals surface area (Å²) in [4.78, 5) is 14.0. The predicted octanol–water partition coefficient (Wildman–Crippen LogP) is 1.04. The van der Waals surface area contributed by atoms with Gasteiger partial charge in [0, 0.05) is 13.7 Å². The van der Waals surface area contributed by atoms with E-state index in [4.69, 9.17) is 10.5 Å². The van der Waals surface area contributed by atoms with Gasteiger partial charge in [0.25, 0.3) is 0 Å². The van der Waals surface area contributed by atoms with Crippen LogP contribution in [0.2, 0.25) is 0 Å². The number of nitrogens with zero attached hydrogens (tertiary/aromatic N) is 1. The SMILES string of the molecule is COCCN(C)C1Cc2cccc([NH])c2NC1=O. The van der Waals surface area contributed by atoms with Gasteiger partial charge in [0.15, 0.2) is 0 Å². The van der Waals surface area contributed by atoms with E-state index in [1.165, 1.54) is 0 Å². The summed E-state index contributed by atoms with van der Waals surface area (Å²) in [5, 5.41) is 2.83. The topological polar surface area (TPSA) is 65.4 Å². The molecule has 18 heavy (non-hydrogen) atoms. The van der Waals surface area contributed by atoms with Crippen molar-refractivity contribution in [1.82, 2.24) is 10.6 Å². The summed E-state index contributed by atoms with van der Waals surface area (Å²) in [5.41, 5.74) is 9.82. The largest absolute Gasteiger partial charge is 0.383 e. The molecule has 1 atom stereocenters. The van der Waals surface area contributed by atoms with E-state index in [1.807, 2.05) is 24.1 Å². The highest BCUT2D eigenvalue weighted by Crippen LogP contribution is 2.30. The van der Waals surface area contributed by atoms with Crippen molar-refractivity contribution >= 4 is 17.3 Å². The van der Waals surface area contributed by atoms with Gasteiger partial charge in [-0.05, 0) is 25.1 Å². The van der Waals surface area contributed by atoms with E-state index in [9.17, 15) is 4.79 Å². The van der Waals surface area contributed by atoms with Crippen molar-refractivity contribution in [1.29, 1.82) is 0 Å². The molecule has 1 aromatic rings. The van der Waals surface area contributed by atoms with Crippen molar-refractivity contribution in [2.75, 3.05) is 32.6 Å². The maximum Gasteiger partial charge on any atom is 0.242 e. The lowest BCUT2D eigenvalue weighted by atomic mass is 9.97. The summed E-state index contributed by atoms with van der Waals surface area (Å²) in [6, 6.07) is 5.32. The van der Waals surface area contributed by atoms with Crippen molar-refractivity contribution < 1.29 is 9.53 Å². The molecule has 1 radical (unpaired) electrons. The first-order valence-electron chi connectivity index (χ1n) is 5.97. The molecule has 2 rings (SSSR count). The molecule has 1 aromatic carbocycles. The Hall–Kier alpha value is -1.59. The van der Waals surface area contributed by atoms with Crippen LogP contribution in [-0.2, 0) is 16.0 Å². The van der Waals surface area contributed by atoms with E-state index < -0.39 is 0 Å². The predicted molar refractivity (Wildman–Crippen MR) is 69.8 cm³/mol. The third-order valence-corrected chi connectivity index (χ3v) is 3.30. The fourth-order valence-corrected chi connectivity index (χ4v) is 2.17. The van der Waals surface area contributed by atoms with E-state index in [0.29, 0.717) is 30.9 Å². The van der Waals surface area contributed by atoms with Crippen molar-refractivity contribution in [3.63, 3.8) is 0 Å². The van der Waals surface area contributed by atoms with Gasteiger partial charge in [-0.15, -0.1) is 0 Å². The maximum atomic E-state index is 12.0. The summed E-state index contributed by atoms with van der Waals surface area (Å²) >= 11 is 0. The molecule has 0 spiro atoms. The minimum absolute atomic E-state index is 0.0409. The molecule has 5 heteroatoms. The van der Waals surface area contributed by atoms with Crippen LogP contribution >= 0.6 is 0 Å². The van der Waals surface area contributed by atoms with Gasteiger partial charge >= 0.3 is 0 Å². The minimum atomic E-state index is -0.186. The lowest BCUT2D eigenvalue weighted by Gasteiger charge is -2.31. The average molecular weight is 248 g/mol. The molecule has 0 fully saturated rings. The van der Waals surface area contributed by atoms with Crippen LogP contribution in [0.25, 0.3) is 0 Å². The van der Waals surface area contributed by atoms with Crippen LogP contribution < -0.4 is 11.1 Å². The normalized spacial score (nSPS) is 18.6. The Morgan fingerprint density at radius 2 is 2.33 bits per heavy atom. The summed E-state index contributed by atoms with van der Waals surface area (Å²) < 4.78 is 5.02. The molecule has 0 saturated heterocycles. The number of benzene rings is 1. The first-order chi connectivity index (χ1) is 8.63. The van der Waals surface area contributed by atoms with Crippen LogP contribution in [-0.4, -0.2) is 44.2 Å². The van der Waals surface area contributed by atoms with E-state index in [-0.39, 0.29) is 11.9 Å². The molecule has 5 nitrogen and oxygen atoms in total. The van der Waals surface area contributed by atoms with Gasteiger partial charge in [0.05, 0.1) is 24.0 Å². The molecule has 0 aromatic heterocycles. The summed E-state index contributed by atoms with van der Waals surface area (Å²) in [6.07, 6.45) is 0.647. The van der Waals surface area contributed by atoms with Gasteiger partial charge < -0.3 is 10.1 Å². The molecule has 0 aliphatic carbocycles. The zero-order valence-corrected chi connectivity index (χ0v) is 10.7. The van der Waals surface area contributed by atoms with Gasteiger partial charge in [-0.2, -0.15) is 0 Å². The molecule has 1 heterocycles. The second-order valence-corrected chi connectivity index (χ2v) is 4.52. The number of carbonyl (C=O) groups is 1. The number of hydrogen-bond donors (Lipinski definition) is 1. The first-order valence-corrected chi connectivity index (χ1v) is 5.97. The van der Waals surface area contributed by atoms with Crippen LogP contribution in [0.3, 0.4) is 0 Å². The molecule has 97 valence electrons. The van der Waals surface area contributed by atoms with E-state index in [0.717, 1.165) is 5.56 Å². The Morgan fingerprint density at radius 1 is 1.56 bits per heavy atom. The van der Waals surface area contributed by atoms with Gasteiger partial charge in [-0.1, -0.05) is 12.1 Å². The molecule has 0 bridgehead atoms. The molecular formula is C13H18N3O2. The van der Waals surface area contributed by atoms with Crippen LogP contribution in [0.4, 0.5) is 11.4 Å². The van der Waals surface area contributed by atoms with Crippen LogP contribution in [0.1, 0.15) is 5.56 Å². The average Bonchev–Trinajstić information content (AvgIpc) is 2.36. The number of rotatable bonds is 4. The van der Waals surface area contributed by atoms with Crippen molar-refractivity contribution in [2.24, 2.45) is 0 Å². The molecule has 1 aliphatic rings. The number of methoxy groups -OCH3 is 1. The molecule has 1 amide bonds. The zero-order chi connectivity index (χ0) is 13.1. The third kappa shape index (κ3) is 2.47. The van der Waals surface area contributed by atoms with E-state index in [2.05, 4.69) is 5.32 Å². The van der Waals surface area contributed by atoms with Gasteiger partial charge in [0.1, 0.15) is 0 Å². The molecule has 0 saturated carbocycles. The van der Waals surface area contributed by atoms with Crippen LogP contribution in [0, 0.1) is 0 Å². The smallest absolute Gasteiger partial charge is 0.242 e. The molecular weight excluding hydrogens is 230 g/mol. The lowest BCUT2D eigenvalue weighted by molar-refractivity contribution is -0.121. The quantitative estimate of drug-likeness (QED) is 0.866. The highest BCUT2D eigenvalue weighted by molar-refractivity contribution is 6.00. The van der Waals surface area contributed by atoms with Gasteiger partial charge in [-0.3, -0.25) is 15.4 Å². The summed E-state index contributed by atoms with van der Waals surface area (Å²) in [7, 11) is 3.56. The Bertz CT molecular complexity index is 448. The highest BCUT2D eigenvalue weighted by atomic mass is 16.5. The van der Waals surface area contributed by atoms with Crippen molar-refractivity contribution in [3.05, 3.63) is 23.8 Å². The second kappa shape index (κ2) is 5.37. The fraction of sp³-hybridized carbons (Fsp3) is 0.462. The van der Waals surface area contributed by atoms with Crippen molar-refractivity contribution in [3.8, 4) is 0 Å². The lowest BCUT2D eigenvalue weighted by Crippen LogP contribution is -2.47. The third-order valence-electron chi connectivity index (χ3n) is 3.30. The number of para-hydroxylation sites is 1. The zero-order valence-electron chi connectivity index (χ0n) is 10.7. The van der Waals surface area contributed by atoms with Gasteiger partial charge in [0.2, 0.25) is 5.91 Å². The maximum absolute atomic E-state index is 12.0. The number of amides is 1. The number of anilines is 1. The van der Waals surface area contributed by atoms with E-state index >= 15 is 0 Å². The number of likely N-dealkylation sites (N-methyl/N-ethyl adjacent to an activating group) is 1. The highest BCUT2D eigenvalue weighted by Gasteiger charge is 2.29. The van der Waals surface area contributed by atoms with Crippen LogP contribution in [0.15, 0.2) is 18.2 Å². The molecule has 2 N–H and O–H groups in total. The number of fused-ring (bicyclic) bond motifs is 1. The first kappa shape index (κ1) is 12.9. The Morgan fingerprint density at radius 3 is 3.06 bits per heavy atom. The summed E-state index contributed by atoms with van der Waals surface area (Å²) in [6.45, 7) is 1.32. The van der Waals surface area contributed by atoms with E-state index in [1.54, 1.807) is 13.2 Å². The Labute approximate surface area is 107 Å². The molecule has 1 unspecified atom stereocenters. The van der Waals surface area contributed by atoms with Crippen LogP contribution in [0.5, 0.6) is 0 Å². The monoisotopic (exact) mass is 248 g/mol. The minimum Gasteiger partial charge on any atom is -0.383 e. The number of nitrogens with one attached hydrogen (secondary N) is 2. The number of carbonyl (C=O) groups excluding carboxylic acids is 1. The summed E-state index contributed by atoms with van der Waals surface area (Å²) in [5.74, 6) is -0.0409. The van der Waals surface area contributed by atoms with Crippen molar-refractivity contribution in [2.45, 2.75) is 12.5 Å². The number of hydrogen-bond acceptors (Lipinski definition) is 3. The standard InChI is InChI=1S/C13H18N3O2/c1-16(6-7-18-2)11-8-9-4-3-5-10(14)12(9)15-13(11)17/h3-5,11,14H,6-8H2,1-2H3,(H,15,17). The molecule has 1 aliphatic heterocycles. The second-order valence-electron chi connectivity index (χ2n) is 4.52. The number of ether oxygens (including phenoxy) is 1. The Kier molecular flexibility index (Phi) is 3.84.